The maximum Gasteiger partial charge on any atom is 0.273 e. The van der Waals surface area contributed by atoms with Crippen LogP contribution in [0.3, 0.4) is 0 Å². The van der Waals surface area contributed by atoms with Gasteiger partial charge >= 0.3 is 0 Å². The zero-order chi connectivity index (χ0) is 15.8. The molecule has 0 aliphatic heterocycles. The molecule has 2 aromatic rings. The van der Waals surface area contributed by atoms with Gasteiger partial charge in [0.05, 0.1) is 0 Å². The van der Waals surface area contributed by atoms with Crippen LogP contribution in [0.1, 0.15) is 24.2 Å². The lowest BCUT2D eigenvalue weighted by molar-refractivity contribution is -0.131. The number of rotatable bonds is 6. The molecule has 0 radical (unpaired) electrons. The van der Waals surface area contributed by atoms with E-state index in [1.54, 1.807) is 0 Å². The van der Waals surface area contributed by atoms with Gasteiger partial charge in [-0.2, -0.15) is 5.10 Å². The molecule has 2 aromatic carbocycles. The van der Waals surface area contributed by atoms with Crippen LogP contribution in [-0.2, 0) is 16.0 Å². The molecule has 0 saturated carbocycles. The Balaban J connectivity index is 1.97. The molecule has 1 amide bonds. The monoisotopic (exact) mass is 296 g/mol. The summed E-state index contributed by atoms with van der Waals surface area (Å²) < 4.78 is 5.27. The van der Waals surface area contributed by atoms with E-state index in [-0.39, 0.29) is 5.91 Å². The second-order valence-electron chi connectivity index (χ2n) is 5.01. The molecule has 0 fully saturated rings. The van der Waals surface area contributed by atoms with Crippen LogP contribution < -0.4 is 5.43 Å². The Kier molecular flexibility index (Phi) is 5.86. The first-order valence-corrected chi connectivity index (χ1v) is 7.15. The summed E-state index contributed by atoms with van der Waals surface area (Å²) in [5.41, 5.74) is 5.37. The summed E-state index contributed by atoms with van der Waals surface area (Å²) in [6.45, 7) is 1.89. The minimum Gasteiger partial charge on any atom is -0.367 e. The van der Waals surface area contributed by atoms with Crippen molar-refractivity contribution in [2.24, 2.45) is 5.10 Å². The van der Waals surface area contributed by atoms with Gasteiger partial charge < -0.3 is 4.74 Å². The van der Waals surface area contributed by atoms with Gasteiger partial charge in [0, 0.05) is 19.2 Å². The molecule has 0 aromatic heterocycles. The van der Waals surface area contributed by atoms with E-state index in [4.69, 9.17) is 4.74 Å². The Morgan fingerprint density at radius 3 is 2.27 bits per heavy atom. The zero-order valence-corrected chi connectivity index (χ0v) is 12.8. The fourth-order valence-corrected chi connectivity index (χ4v) is 2.16. The fourth-order valence-electron chi connectivity index (χ4n) is 2.16. The lowest BCUT2D eigenvalue weighted by Crippen LogP contribution is -2.27. The first kappa shape index (κ1) is 15.9. The summed E-state index contributed by atoms with van der Waals surface area (Å²) in [5.74, 6) is -0.277. The van der Waals surface area contributed by atoms with Gasteiger partial charge in [-0.25, -0.2) is 5.43 Å². The molecule has 22 heavy (non-hydrogen) atoms. The number of hydrogen-bond donors (Lipinski definition) is 1. The van der Waals surface area contributed by atoms with Crippen LogP contribution in [0.4, 0.5) is 0 Å². The van der Waals surface area contributed by atoms with Crippen LogP contribution in [0.15, 0.2) is 65.8 Å². The van der Waals surface area contributed by atoms with Gasteiger partial charge in [-0.1, -0.05) is 60.7 Å². The zero-order valence-electron chi connectivity index (χ0n) is 12.8. The molecule has 0 saturated heterocycles. The number of hydrazone groups is 1. The van der Waals surface area contributed by atoms with E-state index in [2.05, 4.69) is 10.5 Å². The highest BCUT2D eigenvalue weighted by Crippen LogP contribution is 2.16. The summed E-state index contributed by atoms with van der Waals surface area (Å²) in [5, 5.41) is 4.15. The van der Waals surface area contributed by atoms with E-state index in [0.29, 0.717) is 6.42 Å². The molecule has 0 unspecified atom stereocenters. The van der Waals surface area contributed by atoms with Gasteiger partial charge in [0.2, 0.25) is 0 Å². The van der Waals surface area contributed by atoms with Crippen LogP contribution in [0, 0.1) is 0 Å². The van der Waals surface area contributed by atoms with Gasteiger partial charge in [-0.05, 0) is 18.1 Å². The van der Waals surface area contributed by atoms with Crippen molar-refractivity contribution >= 4 is 11.6 Å². The molecule has 0 spiro atoms. The van der Waals surface area contributed by atoms with Crippen molar-refractivity contribution in [2.75, 3.05) is 7.11 Å². The number of carbonyl (C=O) groups excluding carboxylic acids is 1. The average molecular weight is 296 g/mol. The van der Waals surface area contributed by atoms with E-state index < -0.39 is 6.10 Å². The van der Waals surface area contributed by atoms with Crippen LogP contribution in [-0.4, -0.2) is 18.7 Å². The fraction of sp³-hybridized carbons (Fsp3) is 0.222. The molecule has 2 rings (SSSR count). The Morgan fingerprint density at radius 1 is 1.09 bits per heavy atom. The summed E-state index contributed by atoms with van der Waals surface area (Å²) >= 11 is 0. The van der Waals surface area contributed by atoms with Gasteiger partial charge in [-0.3, -0.25) is 4.79 Å². The average Bonchev–Trinajstić information content (AvgIpc) is 2.55. The predicted octanol–water partition coefficient (Wildman–Crippen LogP) is 3.11. The molecule has 0 aliphatic rings. The molecule has 0 bridgehead atoms. The summed E-state index contributed by atoms with van der Waals surface area (Å²) in [7, 11) is 1.51. The Morgan fingerprint density at radius 2 is 1.68 bits per heavy atom. The number of ether oxygens (including phenoxy) is 1. The van der Waals surface area contributed by atoms with Crippen molar-refractivity contribution in [1.82, 2.24) is 5.43 Å². The molecule has 1 atom stereocenters. The molecular weight excluding hydrogens is 276 g/mol. The molecule has 4 heteroatoms. The van der Waals surface area contributed by atoms with Crippen molar-refractivity contribution in [2.45, 2.75) is 19.4 Å². The third kappa shape index (κ3) is 4.53. The highest BCUT2D eigenvalue weighted by molar-refractivity contribution is 5.87. The molecule has 0 heterocycles. The van der Waals surface area contributed by atoms with E-state index in [0.717, 1.165) is 16.8 Å². The number of nitrogens with zero attached hydrogens (tertiary/aromatic N) is 1. The maximum absolute atomic E-state index is 12.2. The van der Waals surface area contributed by atoms with E-state index in [1.807, 2.05) is 67.6 Å². The summed E-state index contributed by atoms with van der Waals surface area (Å²) in [6, 6.07) is 19.4. The van der Waals surface area contributed by atoms with Crippen molar-refractivity contribution in [3.8, 4) is 0 Å². The van der Waals surface area contributed by atoms with Crippen LogP contribution in [0.5, 0.6) is 0 Å². The Hall–Kier alpha value is -2.46. The highest BCUT2D eigenvalue weighted by Gasteiger charge is 2.19. The summed E-state index contributed by atoms with van der Waals surface area (Å²) in [4.78, 5) is 12.2. The smallest absolute Gasteiger partial charge is 0.273 e. The Labute approximate surface area is 130 Å². The third-order valence-electron chi connectivity index (χ3n) is 3.24. The van der Waals surface area contributed by atoms with Crippen LogP contribution >= 0.6 is 0 Å². The van der Waals surface area contributed by atoms with Gasteiger partial charge in [-0.15, -0.1) is 0 Å². The molecule has 4 nitrogen and oxygen atoms in total. The van der Waals surface area contributed by atoms with Gasteiger partial charge in [0.15, 0.2) is 6.10 Å². The van der Waals surface area contributed by atoms with Gasteiger partial charge in [0.25, 0.3) is 5.91 Å². The maximum atomic E-state index is 12.2. The third-order valence-corrected chi connectivity index (χ3v) is 3.24. The van der Waals surface area contributed by atoms with E-state index >= 15 is 0 Å². The minimum atomic E-state index is -0.658. The number of nitrogens with one attached hydrogen (secondary N) is 1. The SMILES string of the molecule is CO[C@@H](C(=O)N/N=C(/C)Cc1ccccc1)c1ccccc1. The number of hydrogen-bond acceptors (Lipinski definition) is 3. The first-order chi connectivity index (χ1) is 10.7. The van der Waals surface area contributed by atoms with Crippen molar-refractivity contribution < 1.29 is 9.53 Å². The largest absolute Gasteiger partial charge is 0.367 e. The lowest BCUT2D eigenvalue weighted by Gasteiger charge is -2.14. The standard InChI is InChI=1S/C18H20N2O2/c1-14(13-15-9-5-3-6-10-15)19-20-18(21)17(22-2)16-11-7-4-8-12-16/h3-12,17H,13H2,1-2H3,(H,20,21)/b19-14-/t17-/m1/s1. The first-order valence-electron chi connectivity index (χ1n) is 7.15. The lowest BCUT2D eigenvalue weighted by atomic mass is 10.1. The van der Waals surface area contributed by atoms with Gasteiger partial charge in [0.1, 0.15) is 0 Å². The molecule has 114 valence electrons. The quantitative estimate of drug-likeness (QED) is 0.658. The normalized spacial score (nSPS) is 12.7. The van der Waals surface area contributed by atoms with E-state index in [1.165, 1.54) is 7.11 Å². The van der Waals surface area contributed by atoms with Crippen molar-refractivity contribution in [3.63, 3.8) is 0 Å². The predicted molar refractivity (Wildman–Crippen MR) is 87.6 cm³/mol. The van der Waals surface area contributed by atoms with Crippen LogP contribution in [0.25, 0.3) is 0 Å². The number of methoxy groups -OCH3 is 1. The molecule has 0 aliphatic carbocycles. The Bertz CT molecular complexity index is 624. The molecular formula is C18H20N2O2. The van der Waals surface area contributed by atoms with Crippen molar-refractivity contribution in [1.29, 1.82) is 0 Å². The second kappa shape index (κ2) is 8.10. The van der Waals surface area contributed by atoms with Crippen molar-refractivity contribution in [3.05, 3.63) is 71.8 Å². The number of amides is 1. The highest BCUT2D eigenvalue weighted by atomic mass is 16.5. The topological polar surface area (TPSA) is 50.7 Å². The van der Waals surface area contributed by atoms with E-state index in [9.17, 15) is 4.79 Å². The molecule has 1 N–H and O–H groups in total. The van der Waals surface area contributed by atoms with Crippen LogP contribution in [0.2, 0.25) is 0 Å². The number of carbonyl (C=O) groups is 1. The minimum absolute atomic E-state index is 0.277. The summed E-state index contributed by atoms with van der Waals surface area (Å²) in [6.07, 6.45) is 0.0406. The second-order valence-corrected chi connectivity index (χ2v) is 5.01. The number of benzene rings is 2.